The lowest BCUT2D eigenvalue weighted by atomic mass is 9.91. The van der Waals surface area contributed by atoms with Crippen LogP contribution in [0.15, 0.2) is 22.7 Å². The van der Waals surface area contributed by atoms with E-state index in [1.54, 1.807) is 14.2 Å². The number of carbonyl (C=O) groups excluding carboxylic acids is 1. The first-order valence-corrected chi connectivity index (χ1v) is 8.99. The molecule has 1 aromatic carbocycles. The van der Waals surface area contributed by atoms with Crippen molar-refractivity contribution >= 4 is 5.91 Å². The monoisotopic (exact) mass is 375 g/mol. The van der Waals surface area contributed by atoms with Crippen molar-refractivity contribution < 1.29 is 23.5 Å². The average Bonchev–Trinajstić information content (AvgIpc) is 3.14. The van der Waals surface area contributed by atoms with Gasteiger partial charge in [-0.25, -0.2) is 0 Å². The molecule has 1 aliphatic heterocycles. The molecule has 1 aromatic heterocycles. The molecule has 8 heteroatoms. The van der Waals surface area contributed by atoms with Crippen LogP contribution in [0, 0.1) is 5.92 Å². The number of rotatable bonds is 7. The molecule has 0 spiro atoms. The highest BCUT2D eigenvalue weighted by atomic mass is 16.5. The number of nitrogens with zero attached hydrogens (tertiary/aromatic N) is 2. The fourth-order valence-corrected chi connectivity index (χ4v) is 3.29. The lowest BCUT2D eigenvalue weighted by Crippen LogP contribution is -2.35. The number of amides is 1. The molecular weight excluding hydrogens is 350 g/mol. The molecule has 27 heavy (non-hydrogen) atoms. The third kappa shape index (κ3) is 4.77. The Morgan fingerprint density at radius 1 is 1.26 bits per heavy atom. The number of methoxy groups -OCH3 is 2. The highest BCUT2D eigenvalue weighted by Crippen LogP contribution is 2.30. The van der Waals surface area contributed by atoms with E-state index < -0.39 is 0 Å². The maximum absolute atomic E-state index is 11.6. The fourth-order valence-electron chi connectivity index (χ4n) is 3.29. The van der Waals surface area contributed by atoms with Gasteiger partial charge in [0, 0.05) is 26.6 Å². The molecule has 2 heterocycles. The summed E-state index contributed by atoms with van der Waals surface area (Å²) in [6.07, 6.45) is 2.18. The van der Waals surface area contributed by atoms with Gasteiger partial charge in [-0.3, -0.25) is 4.79 Å². The number of hydrogen-bond donors (Lipinski definition) is 1. The van der Waals surface area contributed by atoms with E-state index in [2.05, 4.69) is 15.5 Å². The van der Waals surface area contributed by atoms with Crippen LogP contribution < -0.4 is 14.8 Å². The largest absolute Gasteiger partial charge is 0.493 e. The summed E-state index contributed by atoms with van der Waals surface area (Å²) in [7, 11) is 3.20. The van der Waals surface area contributed by atoms with Gasteiger partial charge in [0.2, 0.25) is 11.8 Å². The third-order valence-electron chi connectivity index (χ3n) is 4.66. The Hall–Kier alpha value is -2.61. The Morgan fingerprint density at radius 3 is 2.67 bits per heavy atom. The van der Waals surface area contributed by atoms with E-state index in [0.29, 0.717) is 42.8 Å². The van der Waals surface area contributed by atoms with Crippen LogP contribution >= 0.6 is 0 Å². The Labute approximate surface area is 158 Å². The van der Waals surface area contributed by atoms with Crippen LogP contribution in [0.2, 0.25) is 0 Å². The molecule has 8 nitrogen and oxygen atoms in total. The summed E-state index contributed by atoms with van der Waals surface area (Å²) in [5.41, 5.74) is 0.974. The van der Waals surface area contributed by atoms with Crippen molar-refractivity contribution in [2.45, 2.75) is 32.2 Å². The van der Waals surface area contributed by atoms with E-state index in [9.17, 15) is 4.79 Å². The maximum Gasteiger partial charge on any atom is 0.249 e. The van der Waals surface area contributed by atoms with Crippen LogP contribution in [0.25, 0.3) is 0 Å². The second-order valence-electron chi connectivity index (χ2n) is 6.54. The van der Waals surface area contributed by atoms with Crippen LogP contribution in [0.5, 0.6) is 11.5 Å². The molecule has 1 amide bonds. The standard InChI is InChI=1S/C19H25N3O5/c1-12(23)20-18(14-6-8-26-9-7-14)19-21-17(22-27-19)11-13-4-5-15(24-2)16(10-13)25-3/h4-5,10,14,18H,6-9,11H2,1-3H3,(H,20,23)/t18-/m0/s1. The molecule has 146 valence electrons. The van der Waals surface area contributed by atoms with Crippen molar-refractivity contribution in [3.63, 3.8) is 0 Å². The predicted octanol–water partition coefficient (Wildman–Crippen LogP) is 2.28. The fraction of sp³-hybridized carbons (Fsp3) is 0.526. The molecule has 1 aliphatic rings. The molecule has 3 rings (SSSR count). The lowest BCUT2D eigenvalue weighted by molar-refractivity contribution is -0.120. The zero-order valence-corrected chi connectivity index (χ0v) is 15.9. The van der Waals surface area contributed by atoms with Crippen LogP contribution in [0.3, 0.4) is 0 Å². The zero-order valence-electron chi connectivity index (χ0n) is 15.9. The molecule has 1 N–H and O–H groups in total. The van der Waals surface area contributed by atoms with Gasteiger partial charge in [0.15, 0.2) is 17.3 Å². The summed E-state index contributed by atoms with van der Waals surface area (Å²) in [6, 6.07) is 5.37. The van der Waals surface area contributed by atoms with Crippen LogP contribution in [0.1, 0.15) is 43.1 Å². The first kappa shape index (κ1) is 19.2. The Bertz CT molecular complexity index is 770. The number of benzene rings is 1. The van der Waals surface area contributed by atoms with Gasteiger partial charge in [0.25, 0.3) is 0 Å². The van der Waals surface area contributed by atoms with E-state index in [4.69, 9.17) is 18.7 Å². The smallest absolute Gasteiger partial charge is 0.249 e. The van der Waals surface area contributed by atoms with Crippen molar-refractivity contribution in [3.05, 3.63) is 35.5 Å². The van der Waals surface area contributed by atoms with Crippen LogP contribution in [-0.4, -0.2) is 43.5 Å². The predicted molar refractivity (Wildman–Crippen MR) is 96.8 cm³/mol. The van der Waals surface area contributed by atoms with Crippen molar-refractivity contribution in [2.24, 2.45) is 5.92 Å². The first-order chi connectivity index (χ1) is 13.1. The second kappa shape index (κ2) is 8.85. The molecule has 2 aromatic rings. The highest BCUT2D eigenvalue weighted by molar-refractivity contribution is 5.73. The van der Waals surface area contributed by atoms with E-state index in [1.807, 2.05) is 18.2 Å². The molecule has 1 fully saturated rings. The van der Waals surface area contributed by atoms with Crippen molar-refractivity contribution in [3.8, 4) is 11.5 Å². The van der Waals surface area contributed by atoms with Gasteiger partial charge >= 0.3 is 0 Å². The third-order valence-corrected chi connectivity index (χ3v) is 4.66. The van der Waals surface area contributed by atoms with Gasteiger partial charge in [-0.15, -0.1) is 0 Å². The van der Waals surface area contributed by atoms with E-state index in [-0.39, 0.29) is 17.9 Å². The van der Waals surface area contributed by atoms with Gasteiger partial charge in [-0.1, -0.05) is 11.2 Å². The van der Waals surface area contributed by atoms with Gasteiger partial charge in [-0.05, 0) is 36.5 Å². The van der Waals surface area contributed by atoms with Crippen molar-refractivity contribution in [1.29, 1.82) is 0 Å². The SMILES string of the molecule is COc1ccc(Cc2noc([C@@H](NC(C)=O)C3CCOCC3)n2)cc1OC. The number of carbonyl (C=O) groups is 1. The summed E-state index contributed by atoms with van der Waals surface area (Å²) in [4.78, 5) is 16.2. The van der Waals surface area contributed by atoms with Gasteiger partial charge < -0.3 is 24.1 Å². The van der Waals surface area contributed by atoms with Gasteiger partial charge in [-0.2, -0.15) is 4.98 Å². The number of ether oxygens (including phenoxy) is 3. The first-order valence-electron chi connectivity index (χ1n) is 8.99. The number of hydrogen-bond acceptors (Lipinski definition) is 7. The molecule has 0 unspecified atom stereocenters. The Kier molecular flexibility index (Phi) is 6.28. The summed E-state index contributed by atoms with van der Waals surface area (Å²) in [5, 5.41) is 7.04. The lowest BCUT2D eigenvalue weighted by Gasteiger charge is -2.28. The zero-order chi connectivity index (χ0) is 19.2. The van der Waals surface area contributed by atoms with Gasteiger partial charge in [0.05, 0.1) is 14.2 Å². The van der Waals surface area contributed by atoms with Crippen molar-refractivity contribution in [2.75, 3.05) is 27.4 Å². The summed E-state index contributed by atoms with van der Waals surface area (Å²) in [5.74, 6) is 2.41. The topological polar surface area (TPSA) is 95.7 Å². The Morgan fingerprint density at radius 2 is 2.00 bits per heavy atom. The summed E-state index contributed by atoms with van der Waals surface area (Å²) < 4.78 is 21.5. The average molecular weight is 375 g/mol. The molecular formula is C19H25N3O5. The summed E-state index contributed by atoms with van der Waals surface area (Å²) in [6.45, 7) is 2.84. The second-order valence-corrected chi connectivity index (χ2v) is 6.54. The molecule has 0 bridgehead atoms. The van der Waals surface area contributed by atoms with E-state index in [0.717, 1.165) is 18.4 Å². The molecule has 1 atom stereocenters. The minimum absolute atomic E-state index is 0.119. The normalized spacial score (nSPS) is 16.0. The van der Waals surface area contributed by atoms with Crippen LogP contribution in [0.4, 0.5) is 0 Å². The highest BCUT2D eigenvalue weighted by Gasteiger charge is 2.30. The van der Waals surface area contributed by atoms with Crippen molar-refractivity contribution in [1.82, 2.24) is 15.5 Å². The number of aromatic nitrogens is 2. The molecule has 1 saturated heterocycles. The minimum Gasteiger partial charge on any atom is -0.493 e. The molecule has 0 radical (unpaired) electrons. The molecule has 0 saturated carbocycles. The quantitative estimate of drug-likeness (QED) is 0.793. The summed E-state index contributed by atoms with van der Waals surface area (Å²) >= 11 is 0. The maximum atomic E-state index is 11.6. The van der Waals surface area contributed by atoms with E-state index >= 15 is 0 Å². The minimum atomic E-state index is -0.293. The van der Waals surface area contributed by atoms with E-state index in [1.165, 1.54) is 6.92 Å². The van der Waals surface area contributed by atoms with Gasteiger partial charge in [0.1, 0.15) is 6.04 Å². The Balaban J connectivity index is 1.76. The molecule has 0 aliphatic carbocycles. The van der Waals surface area contributed by atoms with Crippen LogP contribution in [-0.2, 0) is 16.0 Å². The number of nitrogens with one attached hydrogen (secondary N) is 1.